The maximum Gasteiger partial charge on any atom is 0.322 e. The third-order valence-corrected chi connectivity index (χ3v) is 6.43. The van der Waals surface area contributed by atoms with Gasteiger partial charge in [0.1, 0.15) is 11.8 Å². The average molecular weight is 517 g/mol. The lowest BCUT2D eigenvalue weighted by Gasteiger charge is -2.30. The number of carboxylic acid groups (broad SMARTS) is 1. The SMILES string of the molecule is CC(C)[C@H](C(=O)O)N(Cc1ccccc1)S(=O)(=O)c1ccc(OCCI)cc1. The van der Waals surface area contributed by atoms with Gasteiger partial charge in [-0.05, 0) is 35.7 Å². The van der Waals surface area contributed by atoms with Crippen molar-refractivity contribution in [3.8, 4) is 5.75 Å². The number of carbonyl (C=O) groups is 1. The first-order valence-electron chi connectivity index (χ1n) is 8.84. The maximum atomic E-state index is 13.3. The first-order chi connectivity index (χ1) is 13.3. The summed E-state index contributed by atoms with van der Waals surface area (Å²) in [6, 6.07) is 13.9. The van der Waals surface area contributed by atoms with E-state index in [-0.39, 0.29) is 11.4 Å². The van der Waals surface area contributed by atoms with Crippen LogP contribution >= 0.6 is 22.6 Å². The number of hydrogen-bond acceptors (Lipinski definition) is 4. The molecule has 0 saturated carbocycles. The first-order valence-corrected chi connectivity index (χ1v) is 11.8. The number of ether oxygens (including phenoxy) is 1. The fraction of sp³-hybridized carbons (Fsp3) is 0.350. The number of hydrogen-bond donors (Lipinski definition) is 1. The van der Waals surface area contributed by atoms with Gasteiger partial charge in [-0.2, -0.15) is 4.31 Å². The monoisotopic (exact) mass is 517 g/mol. The fourth-order valence-electron chi connectivity index (χ4n) is 2.84. The highest BCUT2D eigenvalue weighted by molar-refractivity contribution is 14.1. The summed E-state index contributed by atoms with van der Waals surface area (Å²) in [5.74, 6) is -0.998. The van der Waals surface area contributed by atoms with E-state index in [1.54, 1.807) is 50.2 Å². The number of rotatable bonds is 10. The van der Waals surface area contributed by atoms with Crippen molar-refractivity contribution in [2.24, 2.45) is 5.92 Å². The van der Waals surface area contributed by atoms with Crippen LogP contribution in [0.4, 0.5) is 0 Å². The zero-order valence-corrected chi connectivity index (χ0v) is 18.8. The molecule has 0 bridgehead atoms. The first kappa shape index (κ1) is 22.6. The molecule has 0 saturated heterocycles. The number of nitrogens with zero attached hydrogens (tertiary/aromatic N) is 1. The van der Waals surface area contributed by atoms with Gasteiger partial charge >= 0.3 is 5.97 Å². The molecule has 8 heteroatoms. The molecule has 1 N–H and O–H groups in total. The van der Waals surface area contributed by atoms with Crippen molar-refractivity contribution in [2.45, 2.75) is 31.3 Å². The molecule has 0 aliphatic heterocycles. The second-order valence-electron chi connectivity index (χ2n) is 6.57. The number of carboxylic acids is 1. The Labute approximate surface area is 179 Å². The van der Waals surface area contributed by atoms with Crippen LogP contribution in [0.5, 0.6) is 5.75 Å². The molecule has 2 aromatic carbocycles. The molecule has 0 aromatic heterocycles. The molecule has 0 heterocycles. The van der Waals surface area contributed by atoms with Crippen molar-refractivity contribution in [3.63, 3.8) is 0 Å². The number of alkyl halides is 1. The Morgan fingerprint density at radius 3 is 2.21 bits per heavy atom. The van der Waals surface area contributed by atoms with Crippen LogP contribution in [0.25, 0.3) is 0 Å². The zero-order chi connectivity index (χ0) is 20.7. The smallest absolute Gasteiger partial charge is 0.322 e. The molecular weight excluding hydrogens is 493 g/mol. The number of sulfonamides is 1. The van der Waals surface area contributed by atoms with Crippen molar-refractivity contribution < 1.29 is 23.1 Å². The van der Waals surface area contributed by atoms with Crippen LogP contribution in [0.1, 0.15) is 19.4 Å². The number of aliphatic carboxylic acids is 1. The summed E-state index contributed by atoms with van der Waals surface area (Å²) in [6.07, 6.45) is 0. The van der Waals surface area contributed by atoms with E-state index in [2.05, 4.69) is 22.6 Å². The van der Waals surface area contributed by atoms with Gasteiger partial charge in [-0.3, -0.25) is 4.79 Å². The van der Waals surface area contributed by atoms with E-state index in [0.717, 1.165) is 14.3 Å². The van der Waals surface area contributed by atoms with Gasteiger partial charge in [-0.1, -0.05) is 66.8 Å². The molecular formula is C20H24INO5S. The second-order valence-corrected chi connectivity index (χ2v) is 9.54. The maximum absolute atomic E-state index is 13.3. The summed E-state index contributed by atoms with van der Waals surface area (Å²) in [7, 11) is -4.03. The highest BCUT2D eigenvalue weighted by Crippen LogP contribution is 2.26. The van der Waals surface area contributed by atoms with Crippen LogP contribution in [0, 0.1) is 5.92 Å². The summed E-state index contributed by atoms with van der Waals surface area (Å²) < 4.78 is 34.0. The second kappa shape index (κ2) is 10.2. The fourth-order valence-corrected chi connectivity index (χ4v) is 4.76. The van der Waals surface area contributed by atoms with Gasteiger partial charge in [0.2, 0.25) is 10.0 Å². The third kappa shape index (κ3) is 5.68. The molecule has 0 aliphatic carbocycles. The molecule has 2 rings (SSSR count). The molecule has 28 heavy (non-hydrogen) atoms. The van der Waals surface area contributed by atoms with E-state index in [9.17, 15) is 18.3 Å². The highest BCUT2D eigenvalue weighted by Gasteiger charge is 2.38. The van der Waals surface area contributed by atoms with Gasteiger partial charge in [0.25, 0.3) is 0 Å². The predicted molar refractivity (Wildman–Crippen MR) is 116 cm³/mol. The molecule has 0 aliphatic rings. The van der Waals surface area contributed by atoms with Crippen molar-refractivity contribution in [3.05, 3.63) is 60.2 Å². The topological polar surface area (TPSA) is 83.9 Å². The van der Waals surface area contributed by atoms with Crippen LogP contribution in [0.3, 0.4) is 0 Å². The van der Waals surface area contributed by atoms with Crippen LogP contribution < -0.4 is 4.74 Å². The van der Waals surface area contributed by atoms with Gasteiger partial charge < -0.3 is 9.84 Å². The van der Waals surface area contributed by atoms with Crippen molar-refractivity contribution >= 4 is 38.6 Å². The Balaban J connectivity index is 2.43. The summed E-state index contributed by atoms with van der Waals surface area (Å²) >= 11 is 2.19. The lowest BCUT2D eigenvalue weighted by atomic mass is 10.0. The van der Waals surface area contributed by atoms with Crippen molar-refractivity contribution in [1.29, 1.82) is 0 Å². The van der Waals surface area contributed by atoms with E-state index in [4.69, 9.17) is 4.74 Å². The largest absolute Gasteiger partial charge is 0.493 e. The molecule has 0 unspecified atom stereocenters. The Bertz CT molecular complexity index is 869. The van der Waals surface area contributed by atoms with Crippen LogP contribution in [-0.2, 0) is 21.4 Å². The highest BCUT2D eigenvalue weighted by atomic mass is 127. The van der Waals surface area contributed by atoms with E-state index >= 15 is 0 Å². The van der Waals surface area contributed by atoms with Crippen LogP contribution in [-0.4, -0.2) is 40.9 Å². The number of benzene rings is 2. The van der Waals surface area contributed by atoms with Crippen molar-refractivity contribution in [2.75, 3.05) is 11.0 Å². The minimum Gasteiger partial charge on any atom is -0.493 e. The summed E-state index contributed by atoms with van der Waals surface area (Å²) in [6.45, 7) is 3.91. The summed E-state index contributed by atoms with van der Waals surface area (Å²) in [4.78, 5) is 11.9. The van der Waals surface area contributed by atoms with E-state index < -0.39 is 28.0 Å². The van der Waals surface area contributed by atoms with E-state index in [1.165, 1.54) is 12.1 Å². The summed E-state index contributed by atoms with van der Waals surface area (Å²) in [5.41, 5.74) is 0.722. The number of halogens is 1. The lowest BCUT2D eigenvalue weighted by molar-refractivity contribution is -0.143. The molecule has 152 valence electrons. The zero-order valence-electron chi connectivity index (χ0n) is 15.8. The Morgan fingerprint density at radius 2 is 1.71 bits per heavy atom. The molecule has 0 radical (unpaired) electrons. The molecule has 2 aromatic rings. The van der Waals surface area contributed by atoms with Gasteiger partial charge in [0.15, 0.2) is 0 Å². The van der Waals surface area contributed by atoms with Crippen molar-refractivity contribution in [1.82, 2.24) is 4.31 Å². The Morgan fingerprint density at radius 1 is 1.11 bits per heavy atom. The van der Waals surface area contributed by atoms with E-state index in [1.807, 2.05) is 6.07 Å². The minimum atomic E-state index is -4.03. The van der Waals surface area contributed by atoms with Gasteiger partial charge in [-0.25, -0.2) is 8.42 Å². The van der Waals surface area contributed by atoms with E-state index in [0.29, 0.717) is 12.4 Å². The molecule has 0 spiro atoms. The van der Waals surface area contributed by atoms with Gasteiger partial charge in [0, 0.05) is 11.0 Å². The molecule has 0 fully saturated rings. The van der Waals surface area contributed by atoms with Gasteiger partial charge in [0.05, 0.1) is 11.5 Å². The molecule has 6 nitrogen and oxygen atoms in total. The Kier molecular flexibility index (Phi) is 8.26. The standard InChI is InChI=1S/C20H24INO5S/c1-15(2)19(20(23)24)22(14-16-6-4-3-5-7-16)28(25,26)18-10-8-17(9-11-18)27-13-12-21/h3-11,15,19H,12-14H2,1-2H3,(H,23,24)/t19-/m1/s1. The molecule has 0 amide bonds. The quantitative estimate of drug-likeness (QED) is 0.383. The van der Waals surface area contributed by atoms with Gasteiger partial charge in [-0.15, -0.1) is 0 Å². The molecule has 1 atom stereocenters. The normalized spacial score (nSPS) is 12.9. The van der Waals surface area contributed by atoms with Crippen LogP contribution in [0.2, 0.25) is 0 Å². The average Bonchev–Trinajstić information content (AvgIpc) is 2.66. The predicted octanol–water partition coefficient (Wildman–Crippen LogP) is 3.80. The summed E-state index contributed by atoms with van der Waals surface area (Å²) in [5, 5.41) is 9.72. The Hall–Kier alpha value is -1.65. The van der Waals surface area contributed by atoms with Crippen LogP contribution in [0.15, 0.2) is 59.5 Å². The third-order valence-electron chi connectivity index (χ3n) is 4.15. The lowest BCUT2D eigenvalue weighted by Crippen LogP contribution is -2.47. The minimum absolute atomic E-state index is 0.0224.